The van der Waals surface area contributed by atoms with Crippen LogP contribution < -0.4 is 0 Å². The van der Waals surface area contributed by atoms with Crippen LogP contribution in [0.2, 0.25) is 0 Å². The molecule has 0 bridgehead atoms. The Balaban J connectivity index is 4.43. The van der Waals surface area contributed by atoms with Crippen LogP contribution in [0.5, 0.6) is 0 Å². The monoisotopic (exact) mass is 837 g/mol. The second kappa shape index (κ2) is 48.5. The molecule has 0 aromatic carbocycles. The van der Waals surface area contributed by atoms with Gasteiger partial charge in [0, 0.05) is 19.3 Å². The lowest BCUT2D eigenvalue weighted by atomic mass is 10.1. The predicted molar refractivity (Wildman–Crippen MR) is 256 cm³/mol. The zero-order chi connectivity index (χ0) is 43.7. The van der Waals surface area contributed by atoms with Crippen LogP contribution in [0.1, 0.15) is 233 Å². The number of unbranched alkanes of at least 4 members (excludes halogenated alkanes) is 25. The van der Waals surface area contributed by atoms with Crippen molar-refractivity contribution in [3.8, 4) is 0 Å². The Morgan fingerprint density at radius 3 is 1.08 bits per heavy atom. The summed E-state index contributed by atoms with van der Waals surface area (Å²) in [5.41, 5.74) is 0. The normalized spacial score (nSPS) is 12.7. The Hall–Kier alpha value is -3.15. The van der Waals surface area contributed by atoms with Gasteiger partial charge in [-0.2, -0.15) is 0 Å². The van der Waals surface area contributed by atoms with Crippen molar-refractivity contribution in [2.45, 2.75) is 239 Å². The van der Waals surface area contributed by atoms with E-state index in [4.69, 9.17) is 14.2 Å². The molecule has 0 aromatic rings. The summed E-state index contributed by atoms with van der Waals surface area (Å²) in [5.74, 6) is -0.941. The molecule has 0 aromatic heterocycles. The molecule has 60 heavy (non-hydrogen) atoms. The SMILES string of the molecule is CC\C=C/C=C\C=C/C=C\C=C/CCCCCC(=O)OC(COC(=O)CCCCCCCCC/C=C\CCCCCCCC)COC(=O)CCCCCCCCCCCC. The van der Waals surface area contributed by atoms with Crippen LogP contribution in [0.25, 0.3) is 0 Å². The maximum atomic E-state index is 12.7. The third-order valence-corrected chi connectivity index (χ3v) is 10.6. The van der Waals surface area contributed by atoms with Crippen molar-refractivity contribution in [1.82, 2.24) is 0 Å². The minimum Gasteiger partial charge on any atom is -0.462 e. The van der Waals surface area contributed by atoms with E-state index in [2.05, 4.69) is 45.1 Å². The first kappa shape index (κ1) is 56.9. The molecular formula is C54H92O6. The first-order chi connectivity index (χ1) is 29.5. The highest BCUT2D eigenvalue weighted by Gasteiger charge is 2.19. The largest absolute Gasteiger partial charge is 0.462 e. The molecule has 0 radical (unpaired) electrons. The maximum absolute atomic E-state index is 12.7. The predicted octanol–water partition coefficient (Wildman–Crippen LogP) is 16.3. The fourth-order valence-electron chi connectivity index (χ4n) is 6.81. The fraction of sp³-hybridized carbons (Fsp3) is 0.722. The Labute approximate surface area is 370 Å². The van der Waals surface area contributed by atoms with Crippen LogP contribution in [-0.4, -0.2) is 37.2 Å². The summed E-state index contributed by atoms with van der Waals surface area (Å²) >= 11 is 0. The van der Waals surface area contributed by atoms with Crippen LogP contribution in [-0.2, 0) is 28.6 Å². The molecule has 0 aliphatic rings. The highest BCUT2D eigenvalue weighted by atomic mass is 16.6. The van der Waals surface area contributed by atoms with Gasteiger partial charge in [-0.1, -0.05) is 222 Å². The smallest absolute Gasteiger partial charge is 0.306 e. The average molecular weight is 837 g/mol. The van der Waals surface area contributed by atoms with Crippen molar-refractivity contribution >= 4 is 17.9 Å². The van der Waals surface area contributed by atoms with Gasteiger partial charge in [-0.3, -0.25) is 14.4 Å². The van der Waals surface area contributed by atoms with Gasteiger partial charge in [0.2, 0.25) is 0 Å². The number of hydrogen-bond donors (Lipinski definition) is 0. The van der Waals surface area contributed by atoms with Gasteiger partial charge >= 0.3 is 17.9 Å². The molecule has 0 amide bonds. The minimum absolute atomic E-state index is 0.0930. The molecular weight excluding hydrogens is 745 g/mol. The summed E-state index contributed by atoms with van der Waals surface area (Å²) in [4.78, 5) is 37.9. The van der Waals surface area contributed by atoms with E-state index < -0.39 is 6.10 Å². The number of allylic oxidation sites excluding steroid dienone is 12. The fourth-order valence-corrected chi connectivity index (χ4v) is 6.81. The van der Waals surface area contributed by atoms with E-state index in [1.807, 2.05) is 48.6 Å². The highest BCUT2D eigenvalue weighted by molar-refractivity contribution is 5.71. The number of hydrogen-bond acceptors (Lipinski definition) is 6. The number of carbonyl (C=O) groups is 3. The van der Waals surface area contributed by atoms with Crippen LogP contribution in [0.3, 0.4) is 0 Å². The first-order valence-electron chi connectivity index (χ1n) is 25.0. The van der Waals surface area contributed by atoms with E-state index in [-0.39, 0.29) is 37.5 Å². The van der Waals surface area contributed by atoms with Gasteiger partial charge in [-0.25, -0.2) is 0 Å². The van der Waals surface area contributed by atoms with E-state index in [0.717, 1.165) is 64.2 Å². The molecule has 6 heteroatoms. The molecule has 0 aliphatic heterocycles. The molecule has 1 unspecified atom stereocenters. The van der Waals surface area contributed by atoms with Gasteiger partial charge in [0.15, 0.2) is 6.10 Å². The third kappa shape index (κ3) is 45.9. The highest BCUT2D eigenvalue weighted by Crippen LogP contribution is 2.14. The average Bonchev–Trinajstić information content (AvgIpc) is 3.24. The van der Waals surface area contributed by atoms with Gasteiger partial charge in [0.25, 0.3) is 0 Å². The zero-order valence-electron chi connectivity index (χ0n) is 39.2. The topological polar surface area (TPSA) is 78.9 Å². The summed E-state index contributed by atoms with van der Waals surface area (Å²) in [6.07, 6.45) is 60.3. The van der Waals surface area contributed by atoms with Gasteiger partial charge in [0.05, 0.1) is 0 Å². The van der Waals surface area contributed by atoms with E-state index in [0.29, 0.717) is 19.3 Å². The Morgan fingerprint density at radius 2 is 0.667 bits per heavy atom. The van der Waals surface area contributed by atoms with Gasteiger partial charge in [-0.05, 0) is 64.2 Å². The molecule has 0 saturated heterocycles. The summed E-state index contributed by atoms with van der Waals surface area (Å²) in [5, 5.41) is 0. The standard InChI is InChI=1S/C54H92O6/c1-4-7-10-13-16-19-22-24-26-27-29-30-32-35-38-41-44-47-53(56)59-50-51(49-58-52(55)46-43-40-37-34-21-18-15-12-9-6-3)60-54(57)48-45-42-39-36-33-31-28-25-23-20-17-14-11-8-5-2/h8,11,14,17,20,23-26,28,31,33,51H,4-7,9-10,12-13,15-16,18-19,21-22,27,29-30,32,34-50H2,1-3H3/b11-8-,17-14-,23-20-,26-24-,28-25-,33-31-. The lowest BCUT2D eigenvalue weighted by Gasteiger charge is -2.18. The van der Waals surface area contributed by atoms with Gasteiger partial charge in [0.1, 0.15) is 13.2 Å². The molecule has 6 nitrogen and oxygen atoms in total. The second-order valence-corrected chi connectivity index (χ2v) is 16.5. The van der Waals surface area contributed by atoms with Crippen molar-refractivity contribution in [3.05, 3.63) is 72.9 Å². The molecule has 1 atom stereocenters. The van der Waals surface area contributed by atoms with Crippen molar-refractivity contribution in [2.24, 2.45) is 0 Å². The molecule has 0 spiro atoms. The van der Waals surface area contributed by atoms with Crippen LogP contribution in [0.15, 0.2) is 72.9 Å². The Morgan fingerprint density at radius 1 is 0.350 bits per heavy atom. The zero-order valence-corrected chi connectivity index (χ0v) is 39.2. The number of rotatable bonds is 44. The number of ether oxygens (including phenoxy) is 3. The summed E-state index contributed by atoms with van der Waals surface area (Å²) < 4.78 is 16.7. The van der Waals surface area contributed by atoms with Crippen molar-refractivity contribution in [3.63, 3.8) is 0 Å². The number of esters is 3. The Bertz CT molecular complexity index is 1140. The molecule has 0 aliphatic carbocycles. The van der Waals surface area contributed by atoms with Crippen LogP contribution in [0.4, 0.5) is 0 Å². The van der Waals surface area contributed by atoms with Crippen molar-refractivity contribution in [1.29, 1.82) is 0 Å². The minimum atomic E-state index is -0.796. The van der Waals surface area contributed by atoms with Gasteiger partial charge in [-0.15, -0.1) is 0 Å². The van der Waals surface area contributed by atoms with E-state index in [9.17, 15) is 14.4 Å². The lowest BCUT2D eigenvalue weighted by Crippen LogP contribution is -2.30. The van der Waals surface area contributed by atoms with Gasteiger partial charge < -0.3 is 14.2 Å². The molecule has 0 N–H and O–H groups in total. The maximum Gasteiger partial charge on any atom is 0.306 e. The quantitative estimate of drug-likeness (QED) is 0.0200. The van der Waals surface area contributed by atoms with Crippen LogP contribution >= 0.6 is 0 Å². The molecule has 0 fully saturated rings. The first-order valence-corrected chi connectivity index (χ1v) is 25.0. The van der Waals surface area contributed by atoms with Crippen LogP contribution in [0, 0.1) is 0 Å². The lowest BCUT2D eigenvalue weighted by molar-refractivity contribution is -0.167. The molecule has 0 rings (SSSR count). The molecule has 344 valence electrons. The molecule has 0 saturated carbocycles. The molecule has 0 heterocycles. The number of carbonyl (C=O) groups excluding carboxylic acids is 3. The van der Waals surface area contributed by atoms with E-state index >= 15 is 0 Å². The summed E-state index contributed by atoms with van der Waals surface area (Å²) in [6, 6.07) is 0. The summed E-state index contributed by atoms with van der Waals surface area (Å²) in [7, 11) is 0. The van der Waals surface area contributed by atoms with E-state index in [1.165, 1.54) is 122 Å². The summed E-state index contributed by atoms with van der Waals surface area (Å²) in [6.45, 7) is 6.44. The van der Waals surface area contributed by atoms with Crippen molar-refractivity contribution < 1.29 is 28.6 Å². The second-order valence-electron chi connectivity index (χ2n) is 16.5. The van der Waals surface area contributed by atoms with E-state index in [1.54, 1.807) is 0 Å². The Kier molecular flexibility index (Phi) is 46.0. The van der Waals surface area contributed by atoms with Crippen molar-refractivity contribution in [2.75, 3.05) is 13.2 Å². The third-order valence-electron chi connectivity index (χ3n) is 10.6.